The normalized spacial score (nSPS) is 17.8. The molecular formula is C18H25N3O3. The van der Waals surface area contributed by atoms with E-state index in [2.05, 4.69) is 15.0 Å². The Morgan fingerprint density at radius 3 is 2.58 bits per heavy atom. The highest BCUT2D eigenvalue weighted by atomic mass is 16.5. The van der Waals surface area contributed by atoms with Gasteiger partial charge in [0.15, 0.2) is 5.82 Å². The third-order valence-corrected chi connectivity index (χ3v) is 4.41. The lowest BCUT2D eigenvalue weighted by molar-refractivity contribution is 0.0579. The van der Waals surface area contributed by atoms with Gasteiger partial charge >= 0.3 is 0 Å². The highest BCUT2D eigenvalue weighted by Crippen LogP contribution is 2.26. The predicted molar refractivity (Wildman–Crippen MR) is 90.1 cm³/mol. The van der Waals surface area contributed by atoms with Crippen molar-refractivity contribution in [2.45, 2.75) is 38.7 Å². The molecule has 1 N–H and O–H groups in total. The summed E-state index contributed by atoms with van der Waals surface area (Å²) in [5.41, 5.74) is 1.20. The van der Waals surface area contributed by atoms with Crippen LogP contribution in [-0.2, 0) is 0 Å². The number of nitrogens with zero attached hydrogens (tertiary/aromatic N) is 3. The fourth-order valence-electron chi connectivity index (χ4n) is 3.02. The van der Waals surface area contributed by atoms with E-state index in [4.69, 9.17) is 9.26 Å². The molecule has 1 saturated heterocycles. The average molecular weight is 331 g/mol. The van der Waals surface area contributed by atoms with E-state index in [1.165, 1.54) is 5.56 Å². The largest absolute Gasteiger partial charge is 0.491 e. The summed E-state index contributed by atoms with van der Waals surface area (Å²) in [6.07, 6.45) is 1.47. The van der Waals surface area contributed by atoms with Crippen LogP contribution in [0.25, 0.3) is 0 Å². The number of piperidine rings is 1. The first-order chi connectivity index (χ1) is 11.6. The maximum absolute atomic E-state index is 10.2. The van der Waals surface area contributed by atoms with Crippen molar-refractivity contribution in [3.05, 3.63) is 41.5 Å². The van der Waals surface area contributed by atoms with Gasteiger partial charge in [-0.2, -0.15) is 4.98 Å². The van der Waals surface area contributed by atoms with Crippen LogP contribution in [0.4, 0.5) is 0 Å². The van der Waals surface area contributed by atoms with Crippen molar-refractivity contribution in [1.82, 2.24) is 15.0 Å². The number of hydrogen-bond donors (Lipinski definition) is 1. The quantitative estimate of drug-likeness (QED) is 0.876. The number of benzene rings is 1. The van der Waals surface area contributed by atoms with Crippen LogP contribution >= 0.6 is 0 Å². The highest BCUT2D eigenvalue weighted by Gasteiger charge is 2.25. The number of aliphatic hydroxyl groups is 1. The monoisotopic (exact) mass is 331 g/mol. The molecule has 3 rings (SSSR count). The summed E-state index contributed by atoms with van der Waals surface area (Å²) in [7, 11) is 0. The van der Waals surface area contributed by atoms with Crippen LogP contribution in [0.1, 0.15) is 36.0 Å². The van der Waals surface area contributed by atoms with E-state index < -0.39 is 6.10 Å². The first-order valence-corrected chi connectivity index (χ1v) is 8.50. The Morgan fingerprint density at radius 1 is 1.25 bits per heavy atom. The van der Waals surface area contributed by atoms with Crippen LogP contribution in [0.3, 0.4) is 0 Å². The van der Waals surface area contributed by atoms with E-state index in [1.807, 2.05) is 38.1 Å². The summed E-state index contributed by atoms with van der Waals surface area (Å²) in [5.74, 6) is 2.57. The van der Waals surface area contributed by atoms with Gasteiger partial charge in [0, 0.05) is 12.5 Å². The molecule has 6 nitrogen and oxygen atoms in total. The molecule has 0 aliphatic carbocycles. The molecule has 0 radical (unpaired) electrons. The molecule has 6 heteroatoms. The highest BCUT2D eigenvalue weighted by molar-refractivity contribution is 5.26. The third kappa shape index (κ3) is 4.55. The van der Waals surface area contributed by atoms with Gasteiger partial charge in [0.2, 0.25) is 5.89 Å². The van der Waals surface area contributed by atoms with Crippen LogP contribution in [-0.4, -0.2) is 52.5 Å². The fourth-order valence-corrected chi connectivity index (χ4v) is 3.02. The molecule has 0 bridgehead atoms. The van der Waals surface area contributed by atoms with Gasteiger partial charge < -0.3 is 19.3 Å². The summed E-state index contributed by atoms with van der Waals surface area (Å²) in [5, 5.41) is 14.1. The van der Waals surface area contributed by atoms with Crippen molar-refractivity contribution in [3.8, 4) is 5.75 Å². The Kier molecular flexibility index (Phi) is 5.48. The molecule has 0 saturated carbocycles. The molecule has 1 unspecified atom stereocenters. The van der Waals surface area contributed by atoms with Crippen LogP contribution < -0.4 is 4.74 Å². The van der Waals surface area contributed by atoms with Gasteiger partial charge in [-0.1, -0.05) is 22.9 Å². The first-order valence-electron chi connectivity index (χ1n) is 8.50. The van der Waals surface area contributed by atoms with E-state index in [0.29, 0.717) is 24.9 Å². The summed E-state index contributed by atoms with van der Waals surface area (Å²) >= 11 is 0. The first kappa shape index (κ1) is 16.9. The van der Waals surface area contributed by atoms with Gasteiger partial charge in [-0.25, -0.2) is 0 Å². The second-order valence-electron chi connectivity index (χ2n) is 6.53. The molecule has 1 fully saturated rings. The summed E-state index contributed by atoms with van der Waals surface area (Å²) in [6.45, 7) is 6.67. The third-order valence-electron chi connectivity index (χ3n) is 4.41. The molecule has 0 amide bonds. The average Bonchev–Trinajstić information content (AvgIpc) is 3.01. The van der Waals surface area contributed by atoms with E-state index in [-0.39, 0.29) is 0 Å². The fraction of sp³-hybridized carbons (Fsp3) is 0.556. The van der Waals surface area contributed by atoms with Gasteiger partial charge in [-0.05, 0) is 51.9 Å². The topological polar surface area (TPSA) is 71.6 Å². The molecular weight excluding hydrogens is 306 g/mol. The number of aliphatic hydroxyl groups excluding tert-OH is 1. The molecule has 1 atom stereocenters. The molecule has 24 heavy (non-hydrogen) atoms. The second kappa shape index (κ2) is 7.77. The van der Waals surface area contributed by atoms with Crippen molar-refractivity contribution in [3.63, 3.8) is 0 Å². The Morgan fingerprint density at radius 2 is 1.96 bits per heavy atom. The molecule has 1 aromatic carbocycles. The van der Waals surface area contributed by atoms with Crippen LogP contribution in [0.5, 0.6) is 5.75 Å². The minimum absolute atomic E-state index is 0.311. The maximum Gasteiger partial charge on any atom is 0.229 e. The van der Waals surface area contributed by atoms with Crippen molar-refractivity contribution in [2.75, 3.05) is 26.2 Å². The molecule has 1 aliphatic heterocycles. The molecule has 1 aromatic heterocycles. The number of rotatable bonds is 6. The van der Waals surface area contributed by atoms with Crippen molar-refractivity contribution in [1.29, 1.82) is 0 Å². The SMILES string of the molecule is Cc1ccc(OCC(O)CN2CCC(c3nc(C)no3)CC2)cc1. The van der Waals surface area contributed by atoms with Gasteiger partial charge in [0.1, 0.15) is 18.5 Å². The number of β-amino-alcohol motifs (C(OH)–C–C–N with tert-alkyl or cyclic N) is 1. The Labute approximate surface area is 142 Å². The summed E-state index contributed by atoms with van der Waals surface area (Å²) in [6, 6.07) is 7.87. The number of aromatic nitrogens is 2. The molecule has 0 spiro atoms. The Bertz CT molecular complexity index is 633. The van der Waals surface area contributed by atoms with Crippen LogP contribution in [0.15, 0.2) is 28.8 Å². The molecule has 2 heterocycles. The minimum atomic E-state index is -0.492. The second-order valence-corrected chi connectivity index (χ2v) is 6.53. The van der Waals surface area contributed by atoms with Gasteiger partial charge in [-0.3, -0.25) is 0 Å². The molecule has 1 aliphatic rings. The van der Waals surface area contributed by atoms with Crippen molar-refractivity contribution < 1.29 is 14.4 Å². The summed E-state index contributed by atoms with van der Waals surface area (Å²) in [4.78, 5) is 6.59. The van der Waals surface area contributed by atoms with Crippen LogP contribution in [0.2, 0.25) is 0 Å². The van der Waals surface area contributed by atoms with Gasteiger partial charge in [0.05, 0.1) is 0 Å². The standard InChI is InChI=1S/C18H25N3O3/c1-13-3-5-17(6-4-13)23-12-16(22)11-21-9-7-15(8-10-21)18-19-14(2)20-24-18/h3-6,15-16,22H,7-12H2,1-2H3. The smallest absolute Gasteiger partial charge is 0.229 e. The number of likely N-dealkylation sites (tertiary alicyclic amines) is 1. The minimum Gasteiger partial charge on any atom is -0.491 e. The van der Waals surface area contributed by atoms with E-state index in [9.17, 15) is 5.11 Å². The van der Waals surface area contributed by atoms with Crippen molar-refractivity contribution in [2.24, 2.45) is 0 Å². The Balaban J connectivity index is 1.39. The number of aryl methyl sites for hydroxylation is 2. The Hall–Kier alpha value is -1.92. The van der Waals surface area contributed by atoms with E-state index in [1.54, 1.807) is 0 Å². The summed E-state index contributed by atoms with van der Waals surface area (Å²) < 4.78 is 10.9. The lowest BCUT2D eigenvalue weighted by Crippen LogP contribution is -2.40. The van der Waals surface area contributed by atoms with E-state index in [0.717, 1.165) is 37.6 Å². The lowest BCUT2D eigenvalue weighted by atomic mass is 9.96. The predicted octanol–water partition coefficient (Wildman–Crippen LogP) is 2.31. The molecule has 2 aromatic rings. The number of hydrogen-bond acceptors (Lipinski definition) is 6. The zero-order valence-electron chi connectivity index (χ0n) is 14.3. The van der Waals surface area contributed by atoms with Gasteiger partial charge in [-0.15, -0.1) is 0 Å². The zero-order chi connectivity index (χ0) is 16.9. The maximum atomic E-state index is 10.2. The van der Waals surface area contributed by atoms with E-state index >= 15 is 0 Å². The zero-order valence-corrected chi connectivity index (χ0v) is 14.3. The van der Waals surface area contributed by atoms with Crippen molar-refractivity contribution >= 4 is 0 Å². The van der Waals surface area contributed by atoms with Gasteiger partial charge in [0.25, 0.3) is 0 Å². The number of ether oxygens (including phenoxy) is 1. The molecule has 130 valence electrons. The van der Waals surface area contributed by atoms with Crippen LogP contribution in [0, 0.1) is 13.8 Å². The lowest BCUT2D eigenvalue weighted by Gasteiger charge is -2.31.